The van der Waals surface area contributed by atoms with Gasteiger partial charge in [-0.1, -0.05) is 18.2 Å². The van der Waals surface area contributed by atoms with Crippen LogP contribution in [0.3, 0.4) is 0 Å². The number of likely N-dealkylation sites (tertiary alicyclic amines) is 1. The number of hydrogen-bond donors (Lipinski definition) is 2. The zero-order valence-corrected chi connectivity index (χ0v) is 15.5. The van der Waals surface area contributed by atoms with Crippen molar-refractivity contribution >= 4 is 22.7 Å². The average molecular weight is 380 g/mol. The molecule has 3 aromatic rings. The van der Waals surface area contributed by atoms with Gasteiger partial charge in [-0.2, -0.15) is 0 Å². The molecule has 7 heteroatoms. The summed E-state index contributed by atoms with van der Waals surface area (Å²) in [6, 6.07) is 11.4. The number of nitrogens with zero attached hydrogens (tertiary/aromatic N) is 3. The molecule has 0 aliphatic carbocycles. The minimum Gasteiger partial charge on any atom is -0.478 e. The van der Waals surface area contributed by atoms with Crippen LogP contribution in [0.1, 0.15) is 34.2 Å². The summed E-state index contributed by atoms with van der Waals surface area (Å²) in [5.41, 5.74) is 1.36. The highest BCUT2D eigenvalue weighted by atomic mass is 19.1. The Morgan fingerprint density at radius 1 is 1.25 bits per heavy atom. The maximum Gasteiger partial charge on any atom is 0.337 e. The lowest BCUT2D eigenvalue weighted by atomic mass is 10.0. The van der Waals surface area contributed by atoms with E-state index in [9.17, 15) is 14.3 Å². The van der Waals surface area contributed by atoms with Gasteiger partial charge in [-0.25, -0.2) is 19.2 Å². The maximum absolute atomic E-state index is 13.8. The van der Waals surface area contributed by atoms with Crippen molar-refractivity contribution in [1.82, 2.24) is 14.9 Å². The number of carboxylic acids is 1. The first-order valence-corrected chi connectivity index (χ1v) is 9.26. The maximum atomic E-state index is 13.8. The van der Waals surface area contributed by atoms with Crippen molar-refractivity contribution in [3.05, 3.63) is 65.2 Å². The van der Waals surface area contributed by atoms with Gasteiger partial charge in [-0.05, 0) is 56.3 Å². The monoisotopic (exact) mass is 380 g/mol. The molecule has 1 saturated heterocycles. The van der Waals surface area contributed by atoms with E-state index >= 15 is 0 Å². The molecule has 0 unspecified atom stereocenters. The van der Waals surface area contributed by atoms with Crippen LogP contribution in [-0.2, 0) is 0 Å². The Hall–Kier alpha value is -3.06. The number of fused-ring (bicyclic) bond motifs is 1. The van der Waals surface area contributed by atoms with E-state index in [4.69, 9.17) is 0 Å². The molecule has 1 aliphatic rings. The summed E-state index contributed by atoms with van der Waals surface area (Å²) < 4.78 is 13.8. The quantitative estimate of drug-likeness (QED) is 0.680. The molecular weight excluding hydrogens is 359 g/mol. The summed E-state index contributed by atoms with van der Waals surface area (Å²) in [5.74, 6) is -0.285. The lowest BCUT2D eigenvalue weighted by Gasteiger charge is -2.35. The molecule has 2 N–H and O–H groups in total. The number of aromatic nitrogens is 2. The molecular formula is C21H21FN4O2. The van der Waals surface area contributed by atoms with Gasteiger partial charge in [0.15, 0.2) is 0 Å². The third-order valence-corrected chi connectivity index (χ3v) is 5.02. The van der Waals surface area contributed by atoms with Crippen LogP contribution >= 0.6 is 0 Å². The number of nitrogens with one attached hydrogen (secondary N) is 1. The SMILES string of the molecule is Cc1nc(N[C@H](CN2CCC2)c2cccc(F)c2)c2cccc(C(=O)O)c2n1. The van der Waals surface area contributed by atoms with Crippen molar-refractivity contribution in [2.24, 2.45) is 0 Å². The summed E-state index contributed by atoms with van der Waals surface area (Å²) in [5, 5.41) is 13.5. The number of anilines is 1. The van der Waals surface area contributed by atoms with Gasteiger partial charge in [-0.3, -0.25) is 0 Å². The molecule has 1 aliphatic heterocycles. The van der Waals surface area contributed by atoms with Crippen LogP contribution in [0.2, 0.25) is 0 Å². The highest BCUT2D eigenvalue weighted by molar-refractivity contribution is 6.04. The number of benzene rings is 2. The second-order valence-electron chi connectivity index (χ2n) is 7.03. The predicted octanol–water partition coefficient (Wildman–Crippen LogP) is 3.63. The van der Waals surface area contributed by atoms with Crippen molar-refractivity contribution in [1.29, 1.82) is 0 Å². The summed E-state index contributed by atoms with van der Waals surface area (Å²) in [6.07, 6.45) is 1.16. The molecule has 1 fully saturated rings. The van der Waals surface area contributed by atoms with Crippen molar-refractivity contribution in [3.63, 3.8) is 0 Å². The number of rotatable bonds is 6. The van der Waals surface area contributed by atoms with E-state index in [-0.39, 0.29) is 17.4 Å². The normalized spacial score (nSPS) is 15.2. The first kappa shape index (κ1) is 18.3. The van der Waals surface area contributed by atoms with Gasteiger partial charge in [-0.15, -0.1) is 0 Å². The molecule has 0 radical (unpaired) electrons. The third kappa shape index (κ3) is 3.66. The number of aryl methyl sites for hydroxylation is 1. The summed E-state index contributed by atoms with van der Waals surface area (Å²) in [6.45, 7) is 4.48. The number of hydrogen-bond acceptors (Lipinski definition) is 5. The second-order valence-corrected chi connectivity index (χ2v) is 7.03. The summed E-state index contributed by atoms with van der Waals surface area (Å²) in [4.78, 5) is 22.7. The van der Waals surface area contributed by atoms with Gasteiger partial charge < -0.3 is 15.3 Å². The molecule has 2 aromatic carbocycles. The number of aromatic carboxylic acids is 1. The Kier molecular flexibility index (Phi) is 4.92. The van der Waals surface area contributed by atoms with Crippen LogP contribution in [0.25, 0.3) is 10.9 Å². The lowest BCUT2D eigenvalue weighted by Crippen LogP contribution is -2.41. The van der Waals surface area contributed by atoms with Crippen molar-refractivity contribution in [2.45, 2.75) is 19.4 Å². The number of halogens is 1. The van der Waals surface area contributed by atoms with Crippen molar-refractivity contribution < 1.29 is 14.3 Å². The first-order chi connectivity index (χ1) is 13.5. The fraction of sp³-hybridized carbons (Fsp3) is 0.286. The third-order valence-electron chi connectivity index (χ3n) is 5.02. The number of carbonyl (C=O) groups is 1. The van der Waals surface area contributed by atoms with E-state index in [0.717, 1.165) is 25.1 Å². The molecule has 0 saturated carbocycles. The largest absolute Gasteiger partial charge is 0.478 e. The zero-order valence-electron chi connectivity index (χ0n) is 15.5. The van der Waals surface area contributed by atoms with Crippen LogP contribution in [0.5, 0.6) is 0 Å². The average Bonchev–Trinajstić information content (AvgIpc) is 2.62. The van der Waals surface area contributed by atoms with Gasteiger partial charge in [0, 0.05) is 11.9 Å². The second kappa shape index (κ2) is 7.52. The predicted molar refractivity (Wildman–Crippen MR) is 105 cm³/mol. The number of para-hydroxylation sites is 1. The minimum atomic E-state index is -1.03. The first-order valence-electron chi connectivity index (χ1n) is 9.26. The van der Waals surface area contributed by atoms with Gasteiger partial charge in [0.2, 0.25) is 0 Å². The fourth-order valence-corrected chi connectivity index (χ4v) is 3.49. The van der Waals surface area contributed by atoms with E-state index in [1.165, 1.54) is 18.2 Å². The van der Waals surface area contributed by atoms with Crippen LogP contribution < -0.4 is 5.32 Å². The van der Waals surface area contributed by atoms with E-state index in [1.54, 1.807) is 25.1 Å². The molecule has 6 nitrogen and oxygen atoms in total. The molecule has 0 spiro atoms. The topological polar surface area (TPSA) is 78.4 Å². The molecule has 1 aromatic heterocycles. The van der Waals surface area contributed by atoms with E-state index in [0.29, 0.717) is 29.1 Å². The molecule has 0 bridgehead atoms. The van der Waals surface area contributed by atoms with E-state index in [1.807, 2.05) is 6.07 Å². The van der Waals surface area contributed by atoms with Crippen molar-refractivity contribution in [3.8, 4) is 0 Å². The van der Waals surface area contributed by atoms with Crippen LogP contribution in [0.4, 0.5) is 10.2 Å². The zero-order chi connectivity index (χ0) is 19.7. The molecule has 28 heavy (non-hydrogen) atoms. The van der Waals surface area contributed by atoms with Crippen molar-refractivity contribution in [2.75, 3.05) is 25.0 Å². The van der Waals surface area contributed by atoms with Crippen LogP contribution in [0.15, 0.2) is 42.5 Å². The smallest absolute Gasteiger partial charge is 0.337 e. The Labute approximate surface area is 162 Å². The van der Waals surface area contributed by atoms with E-state index in [2.05, 4.69) is 20.2 Å². The van der Waals surface area contributed by atoms with Crippen LogP contribution in [-0.4, -0.2) is 45.6 Å². The highest BCUT2D eigenvalue weighted by Gasteiger charge is 2.23. The number of carboxylic acid groups (broad SMARTS) is 1. The Balaban J connectivity index is 1.76. The Morgan fingerprint density at radius 2 is 2.04 bits per heavy atom. The molecule has 144 valence electrons. The van der Waals surface area contributed by atoms with Gasteiger partial charge in [0.1, 0.15) is 17.5 Å². The van der Waals surface area contributed by atoms with Crippen LogP contribution in [0, 0.1) is 12.7 Å². The molecule has 4 rings (SSSR count). The Morgan fingerprint density at radius 3 is 2.71 bits per heavy atom. The molecule has 0 amide bonds. The lowest BCUT2D eigenvalue weighted by molar-refractivity contribution is 0.0699. The fourth-order valence-electron chi connectivity index (χ4n) is 3.49. The van der Waals surface area contributed by atoms with Gasteiger partial charge in [0.05, 0.1) is 17.1 Å². The molecule has 1 atom stereocenters. The highest BCUT2D eigenvalue weighted by Crippen LogP contribution is 2.28. The van der Waals surface area contributed by atoms with Gasteiger partial charge in [0.25, 0.3) is 0 Å². The summed E-state index contributed by atoms with van der Waals surface area (Å²) in [7, 11) is 0. The molecule has 2 heterocycles. The minimum absolute atomic E-state index is 0.135. The van der Waals surface area contributed by atoms with Gasteiger partial charge >= 0.3 is 5.97 Å². The Bertz CT molecular complexity index is 1040. The standard InChI is InChI=1S/C21H21FN4O2/c1-13-23-19-16(7-3-8-17(19)21(27)28)20(24-13)25-18(12-26-9-4-10-26)14-5-2-6-15(22)11-14/h2-3,5-8,11,18H,4,9-10,12H2,1H3,(H,27,28)(H,23,24,25)/t18-/m1/s1. The summed E-state index contributed by atoms with van der Waals surface area (Å²) >= 11 is 0. The van der Waals surface area contributed by atoms with E-state index < -0.39 is 5.97 Å².